The van der Waals surface area contributed by atoms with Gasteiger partial charge in [0.2, 0.25) is 0 Å². The van der Waals surface area contributed by atoms with Crippen LogP contribution in [0.4, 0.5) is 0 Å². The summed E-state index contributed by atoms with van der Waals surface area (Å²) in [4.78, 5) is 24.4. The fraction of sp³-hybridized carbons (Fsp3) is 0.455. The lowest BCUT2D eigenvalue weighted by Gasteiger charge is -2.19. The van der Waals surface area contributed by atoms with Crippen molar-refractivity contribution in [2.24, 2.45) is 5.92 Å². The molecule has 1 aromatic rings. The van der Waals surface area contributed by atoms with Gasteiger partial charge in [0, 0.05) is 18.0 Å². The Morgan fingerprint density at radius 3 is 2.65 bits per heavy atom. The summed E-state index contributed by atoms with van der Waals surface area (Å²) in [6.07, 6.45) is -0.343. The van der Waals surface area contributed by atoms with Crippen molar-refractivity contribution < 1.29 is 19.8 Å². The van der Waals surface area contributed by atoms with Gasteiger partial charge in [-0.3, -0.25) is 9.59 Å². The van der Waals surface area contributed by atoms with E-state index in [1.165, 1.54) is 0 Å². The Morgan fingerprint density at radius 1 is 1.47 bits per heavy atom. The highest BCUT2D eigenvalue weighted by Gasteiger charge is 2.22. The van der Waals surface area contributed by atoms with E-state index in [1.54, 1.807) is 18.4 Å². The predicted octanol–water partition coefficient (Wildman–Crippen LogP) is 1.36. The summed E-state index contributed by atoms with van der Waals surface area (Å²) in [5.41, 5.74) is 0. The lowest BCUT2D eigenvalue weighted by Crippen LogP contribution is -2.31. The maximum absolute atomic E-state index is 10.9. The minimum absolute atomic E-state index is 0.236. The van der Waals surface area contributed by atoms with Crippen molar-refractivity contribution in [1.29, 1.82) is 0 Å². The number of hydrogen-bond donors (Lipinski definition) is 2. The molecule has 0 amide bonds. The second kappa shape index (κ2) is 6.36. The second-order valence-electron chi connectivity index (χ2n) is 3.91. The Hall–Kier alpha value is -1.40. The molecular formula is C11H15NO4S. The highest BCUT2D eigenvalue weighted by molar-refractivity contribution is 7.09. The van der Waals surface area contributed by atoms with Crippen molar-refractivity contribution in [3.8, 4) is 0 Å². The molecule has 1 unspecified atom stereocenters. The van der Waals surface area contributed by atoms with E-state index >= 15 is 0 Å². The largest absolute Gasteiger partial charge is 0.481 e. The fourth-order valence-electron chi connectivity index (χ4n) is 1.55. The molecule has 0 aliphatic carbocycles. The smallest absolute Gasteiger partial charge is 0.308 e. The lowest BCUT2D eigenvalue weighted by molar-refractivity contribution is -0.148. The van der Waals surface area contributed by atoms with Crippen LogP contribution in [0.15, 0.2) is 17.5 Å². The van der Waals surface area contributed by atoms with Crippen LogP contribution < -0.4 is 0 Å². The summed E-state index contributed by atoms with van der Waals surface area (Å²) in [7, 11) is 1.79. The number of aliphatic carboxylic acids is 2. The maximum Gasteiger partial charge on any atom is 0.308 e. The Morgan fingerprint density at radius 2 is 2.18 bits per heavy atom. The highest BCUT2D eigenvalue weighted by Crippen LogP contribution is 2.13. The van der Waals surface area contributed by atoms with Crippen molar-refractivity contribution in [2.75, 3.05) is 13.6 Å². The molecule has 94 valence electrons. The van der Waals surface area contributed by atoms with Gasteiger partial charge in [0.15, 0.2) is 0 Å². The molecule has 0 fully saturated rings. The number of rotatable bonds is 7. The molecule has 5 nitrogen and oxygen atoms in total. The third-order valence-electron chi connectivity index (χ3n) is 2.31. The molecule has 0 saturated carbocycles. The molecule has 17 heavy (non-hydrogen) atoms. The van der Waals surface area contributed by atoms with Crippen LogP contribution in [0, 0.1) is 5.92 Å². The SMILES string of the molecule is CN(Cc1cccs1)CC(CC(=O)O)C(=O)O. The van der Waals surface area contributed by atoms with Gasteiger partial charge in [-0.05, 0) is 18.5 Å². The number of carboxylic acids is 2. The van der Waals surface area contributed by atoms with E-state index in [0.717, 1.165) is 4.88 Å². The molecule has 1 heterocycles. The monoisotopic (exact) mass is 257 g/mol. The quantitative estimate of drug-likeness (QED) is 0.771. The molecular weight excluding hydrogens is 242 g/mol. The third kappa shape index (κ3) is 4.97. The summed E-state index contributed by atoms with van der Waals surface area (Å²) in [5, 5.41) is 19.5. The molecule has 0 saturated heterocycles. The van der Waals surface area contributed by atoms with Crippen molar-refractivity contribution in [2.45, 2.75) is 13.0 Å². The molecule has 1 atom stereocenters. The molecule has 1 aromatic heterocycles. The highest BCUT2D eigenvalue weighted by atomic mass is 32.1. The summed E-state index contributed by atoms with van der Waals surface area (Å²) in [6, 6.07) is 3.90. The first kappa shape index (κ1) is 13.7. The second-order valence-corrected chi connectivity index (χ2v) is 4.94. The van der Waals surface area contributed by atoms with E-state index in [-0.39, 0.29) is 13.0 Å². The molecule has 6 heteroatoms. The van der Waals surface area contributed by atoms with Gasteiger partial charge in [0.1, 0.15) is 0 Å². The van der Waals surface area contributed by atoms with Gasteiger partial charge in [-0.15, -0.1) is 11.3 Å². The van der Waals surface area contributed by atoms with Crippen molar-refractivity contribution in [1.82, 2.24) is 4.90 Å². The summed E-state index contributed by atoms with van der Waals surface area (Å²) >= 11 is 1.60. The summed E-state index contributed by atoms with van der Waals surface area (Å²) < 4.78 is 0. The number of thiophene rings is 1. The zero-order chi connectivity index (χ0) is 12.8. The van der Waals surface area contributed by atoms with Crippen LogP contribution in [0.5, 0.6) is 0 Å². The first-order valence-electron chi connectivity index (χ1n) is 5.14. The van der Waals surface area contributed by atoms with Crippen LogP contribution in [-0.2, 0) is 16.1 Å². The van der Waals surface area contributed by atoms with Gasteiger partial charge < -0.3 is 15.1 Å². The number of hydrogen-bond acceptors (Lipinski definition) is 4. The number of carbonyl (C=O) groups is 2. The number of nitrogens with zero attached hydrogens (tertiary/aromatic N) is 1. The molecule has 2 N–H and O–H groups in total. The topological polar surface area (TPSA) is 77.8 Å². The molecule has 0 aromatic carbocycles. The Bertz CT molecular complexity index is 377. The standard InChI is InChI=1S/C11H15NO4S/c1-12(7-9-3-2-4-17-9)6-8(11(15)16)5-10(13)14/h2-4,8H,5-7H2,1H3,(H,13,14)(H,15,16). The molecule has 0 spiro atoms. The van der Waals surface area contributed by atoms with E-state index in [9.17, 15) is 9.59 Å². The van der Waals surface area contributed by atoms with Gasteiger partial charge in [0.05, 0.1) is 12.3 Å². The van der Waals surface area contributed by atoms with Crippen LogP contribution in [-0.4, -0.2) is 40.6 Å². The molecule has 0 radical (unpaired) electrons. The van der Waals surface area contributed by atoms with Gasteiger partial charge in [-0.1, -0.05) is 6.07 Å². The van der Waals surface area contributed by atoms with Crippen LogP contribution in [0.25, 0.3) is 0 Å². The zero-order valence-corrected chi connectivity index (χ0v) is 10.3. The van der Waals surface area contributed by atoms with Crippen molar-refractivity contribution in [3.05, 3.63) is 22.4 Å². The van der Waals surface area contributed by atoms with Crippen LogP contribution >= 0.6 is 11.3 Å². The van der Waals surface area contributed by atoms with Crippen LogP contribution in [0.3, 0.4) is 0 Å². The average Bonchev–Trinajstić information content (AvgIpc) is 2.68. The third-order valence-corrected chi connectivity index (χ3v) is 3.17. The first-order valence-corrected chi connectivity index (χ1v) is 6.02. The Balaban J connectivity index is 2.49. The average molecular weight is 257 g/mol. The van der Waals surface area contributed by atoms with E-state index in [1.807, 2.05) is 22.4 Å². The van der Waals surface area contributed by atoms with Gasteiger partial charge in [-0.2, -0.15) is 0 Å². The van der Waals surface area contributed by atoms with E-state index in [2.05, 4.69) is 0 Å². The minimum Gasteiger partial charge on any atom is -0.481 e. The molecule has 0 aliphatic heterocycles. The van der Waals surface area contributed by atoms with E-state index in [0.29, 0.717) is 6.54 Å². The molecule has 0 aliphatic rings. The maximum atomic E-state index is 10.9. The summed E-state index contributed by atoms with van der Waals surface area (Å²) in [5.74, 6) is -3.01. The normalized spacial score (nSPS) is 12.6. The molecule has 0 bridgehead atoms. The predicted molar refractivity (Wildman–Crippen MR) is 64.0 cm³/mol. The van der Waals surface area contributed by atoms with Crippen molar-refractivity contribution in [3.63, 3.8) is 0 Å². The van der Waals surface area contributed by atoms with E-state index < -0.39 is 17.9 Å². The van der Waals surface area contributed by atoms with Gasteiger partial charge in [-0.25, -0.2) is 0 Å². The minimum atomic E-state index is -1.08. The molecule has 1 rings (SSSR count). The lowest BCUT2D eigenvalue weighted by atomic mass is 10.1. The van der Waals surface area contributed by atoms with Crippen LogP contribution in [0.2, 0.25) is 0 Å². The van der Waals surface area contributed by atoms with E-state index in [4.69, 9.17) is 10.2 Å². The fourth-order valence-corrected chi connectivity index (χ4v) is 2.33. The first-order chi connectivity index (χ1) is 7.99. The van der Waals surface area contributed by atoms with Gasteiger partial charge in [0.25, 0.3) is 0 Å². The zero-order valence-electron chi connectivity index (χ0n) is 9.50. The van der Waals surface area contributed by atoms with Gasteiger partial charge >= 0.3 is 11.9 Å². The summed E-state index contributed by atoms with van der Waals surface area (Å²) in [6.45, 7) is 0.876. The Labute approximate surface area is 103 Å². The number of carboxylic acid groups (broad SMARTS) is 2. The Kier molecular flexibility index (Phi) is 5.11. The van der Waals surface area contributed by atoms with Crippen LogP contribution in [0.1, 0.15) is 11.3 Å². The van der Waals surface area contributed by atoms with Crippen molar-refractivity contribution >= 4 is 23.3 Å².